The van der Waals surface area contributed by atoms with E-state index in [1.165, 1.54) is 4.31 Å². The van der Waals surface area contributed by atoms with E-state index in [1.807, 2.05) is 51.1 Å². The fourth-order valence-electron chi connectivity index (χ4n) is 5.32. The number of hydrogen-bond acceptors (Lipinski definition) is 5. The number of morpholine rings is 1. The maximum Gasteiger partial charge on any atom is 0.244 e. The van der Waals surface area contributed by atoms with Crippen molar-refractivity contribution in [1.82, 2.24) is 14.5 Å². The molecule has 2 atom stereocenters. The van der Waals surface area contributed by atoms with E-state index in [9.17, 15) is 13.2 Å². The molecule has 8 heteroatoms. The van der Waals surface area contributed by atoms with Crippen molar-refractivity contribution in [2.24, 2.45) is 0 Å². The van der Waals surface area contributed by atoms with E-state index in [4.69, 9.17) is 4.74 Å². The summed E-state index contributed by atoms with van der Waals surface area (Å²) >= 11 is 0. The van der Waals surface area contributed by atoms with Gasteiger partial charge in [-0.15, -0.1) is 0 Å². The van der Waals surface area contributed by atoms with Crippen LogP contribution in [0.2, 0.25) is 0 Å². The highest BCUT2D eigenvalue weighted by atomic mass is 32.2. The molecule has 2 aliphatic heterocycles. The largest absolute Gasteiger partial charge is 0.379 e. The SMILES string of the molecule is Cc1cc(C)c(S(=O)(=O)N2CCCC2C(=O)NCC(c2ccccc2)N2CCOCC2)c(C)c1. The van der Waals surface area contributed by atoms with Crippen molar-refractivity contribution in [3.05, 3.63) is 64.7 Å². The van der Waals surface area contributed by atoms with Gasteiger partial charge < -0.3 is 10.1 Å². The van der Waals surface area contributed by atoms with Gasteiger partial charge in [-0.05, 0) is 50.3 Å². The minimum atomic E-state index is -3.78. The Hall–Kier alpha value is -2.26. The number of ether oxygens (including phenoxy) is 1. The molecule has 0 bridgehead atoms. The zero-order valence-corrected chi connectivity index (χ0v) is 21.1. The van der Waals surface area contributed by atoms with E-state index in [-0.39, 0.29) is 11.9 Å². The first-order valence-electron chi connectivity index (χ1n) is 12.0. The summed E-state index contributed by atoms with van der Waals surface area (Å²) in [5.41, 5.74) is 3.60. The maximum atomic E-state index is 13.6. The lowest BCUT2D eigenvalue weighted by Crippen LogP contribution is -2.49. The third-order valence-corrected chi connectivity index (χ3v) is 9.03. The second kappa shape index (κ2) is 10.6. The molecule has 1 N–H and O–H groups in total. The van der Waals surface area contributed by atoms with Gasteiger partial charge in [0.15, 0.2) is 0 Å². The van der Waals surface area contributed by atoms with Crippen molar-refractivity contribution in [3.8, 4) is 0 Å². The minimum absolute atomic E-state index is 0.0158. The third-order valence-electron chi connectivity index (χ3n) is 6.82. The van der Waals surface area contributed by atoms with Gasteiger partial charge in [-0.1, -0.05) is 48.0 Å². The van der Waals surface area contributed by atoms with Crippen LogP contribution in [0, 0.1) is 20.8 Å². The average molecular weight is 486 g/mol. The molecule has 0 aliphatic carbocycles. The molecule has 2 aliphatic rings. The van der Waals surface area contributed by atoms with Crippen LogP contribution in [0.5, 0.6) is 0 Å². The molecule has 4 rings (SSSR count). The molecule has 2 heterocycles. The third kappa shape index (κ3) is 5.20. The highest BCUT2D eigenvalue weighted by Crippen LogP contribution is 2.31. The molecule has 2 aromatic carbocycles. The monoisotopic (exact) mass is 485 g/mol. The molecule has 34 heavy (non-hydrogen) atoms. The van der Waals surface area contributed by atoms with Gasteiger partial charge in [-0.25, -0.2) is 8.42 Å². The molecule has 0 aromatic heterocycles. The number of nitrogens with one attached hydrogen (secondary N) is 1. The van der Waals surface area contributed by atoms with Crippen molar-refractivity contribution < 1.29 is 17.9 Å². The Kier molecular flexibility index (Phi) is 7.72. The fourth-order valence-corrected chi connectivity index (χ4v) is 7.39. The molecule has 7 nitrogen and oxygen atoms in total. The summed E-state index contributed by atoms with van der Waals surface area (Å²) in [6.45, 7) is 9.32. The number of carbonyl (C=O) groups is 1. The number of rotatable bonds is 7. The smallest absolute Gasteiger partial charge is 0.244 e. The van der Waals surface area contributed by atoms with Crippen molar-refractivity contribution in [3.63, 3.8) is 0 Å². The van der Waals surface area contributed by atoms with Crippen LogP contribution in [0.4, 0.5) is 0 Å². The number of hydrogen-bond donors (Lipinski definition) is 1. The van der Waals surface area contributed by atoms with Crippen molar-refractivity contribution in [1.29, 1.82) is 0 Å². The minimum Gasteiger partial charge on any atom is -0.379 e. The van der Waals surface area contributed by atoms with E-state index in [1.54, 1.807) is 0 Å². The molecule has 1 amide bonds. The molecule has 184 valence electrons. The maximum absolute atomic E-state index is 13.6. The predicted octanol–water partition coefficient (Wildman–Crippen LogP) is 2.95. The van der Waals surface area contributed by atoms with E-state index in [2.05, 4.69) is 22.3 Å². The first-order valence-corrected chi connectivity index (χ1v) is 13.5. The average Bonchev–Trinajstić information content (AvgIpc) is 3.31. The summed E-state index contributed by atoms with van der Waals surface area (Å²) in [6, 6.07) is 13.2. The van der Waals surface area contributed by atoms with Crippen LogP contribution in [0.25, 0.3) is 0 Å². The zero-order valence-electron chi connectivity index (χ0n) is 20.3. The van der Waals surface area contributed by atoms with E-state index in [0.717, 1.165) is 35.3 Å². The fraction of sp³-hybridized carbons (Fsp3) is 0.500. The van der Waals surface area contributed by atoms with E-state index < -0.39 is 16.1 Å². The van der Waals surface area contributed by atoms with Crippen molar-refractivity contribution in [2.45, 2.75) is 50.6 Å². The second-order valence-corrected chi connectivity index (χ2v) is 11.1. The molecular formula is C26H35N3O4S. The summed E-state index contributed by atoms with van der Waals surface area (Å²) in [4.78, 5) is 16.0. The highest BCUT2D eigenvalue weighted by molar-refractivity contribution is 7.89. The number of sulfonamides is 1. The van der Waals surface area contributed by atoms with Crippen LogP contribution in [0.15, 0.2) is 47.4 Å². The van der Waals surface area contributed by atoms with E-state index in [0.29, 0.717) is 44.0 Å². The number of aryl methyl sites for hydroxylation is 3. The van der Waals surface area contributed by atoms with Crippen molar-refractivity contribution >= 4 is 15.9 Å². The van der Waals surface area contributed by atoms with Gasteiger partial charge in [0.1, 0.15) is 6.04 Å². The molecule has 2 aromatic rings. The summed E-state index contributed by atoms with van der Waals surface area (Å²) in [6.07, 6.45) is 1.20. The molecule has 0 spiro atoms. The Morgan fingerprint density at radius 1 is 1.06 bits per heavy atom. The van der Waals surface area contributed by atoms with Gasteiger partial charge >= 0.3 is 0 Å². The summed E-state index contributed by atoms with van der Waals surface area (Å²) < 4.78 is 34.2. The number of carbonyl (C=O) groups excluding carboxylic acids is 1. The van der Waals surface area contributed by atoms with Crippen LogP contribution >= 0.6 is 0 Å². The van der Waals surface area contributed by atoms with Crippen LogP contribution in [0.1, 0.15) is 41.1 Å². The van der Waals surface area contributed by atoms with Crippen LogP contribution in [-0.4, -0.2) is 69.0 Å². The van der Waals surface area contributed by atoms with Crippen LogP contribution in [-0.2, 0) is 19.6 Å². The van der Waals surface area contributed by atoms with Gasteiger partial charge in [-0.2, -0.15) is 4.31 Å². The van der Waals surface area contributed by atoms with Gasteiger partial charge in [0.05, 0.1) is 24.2 Å². The Morgan fingerprint density at radius 2 is 1.71 bits per heavy atom. The normalized spacial score (nSPS) is 20.9. The van der Waals surface area contributed by atoms with Gasteiger partial charge in [0, 0.05) is 26.2 Å². The second-order valence-electron chi connectivity index (χ2n) is 9.32. The quantitative estimate of drug-likeness (QED) is 0.652. The predicted molar refractivity (Wildman–Crippen MR) is 132 cm³/mol. The lowest BCUT2D eigenvalue weighted by atomic mass is 10.0. The Balaban J connectivity index is 1.52. The lowest BCUT2D eigenvalue weighted by Gasteiger charge is -2.35. The Labute approximate surface area is 203 Å². The summed E-state index contributed by atoms with van der Waals surface area (Å²) in [7, 11) is -3.78. The topological polar surface area (TPSA) is 79.0 Å². The van der Waals surface area contributed by atoms with Gasteiger partial charge in [0.25, 0.3) is 0 Å². The number of benzene rings is 2. The summed E-state index contributed by atoms with van der Waals surface area (Å²) in [5.74, 6) is -0.224. The number of amides is 1. The van der Waals surface area contributed by atoms with Gasteiger partial charge in [0.2, 0.25) is 15.9 Å². The van der Waals surface area contributed by atoms with E-state index >= 15 is 0 Å². The first-order chi connectivity index (χ1) is 16.3. The van der Waals surface area contributed by atoms with Gasteiger partial charge in [-0.3, -0.25) is 9.69 Å². The van der Waals surface area contributed by atoms with Crippen LogP contribution < -0.4 is 5.32 Å². The standard InChI is InChI=1S/C26H35N3O4S/c1-19-16-20(2)25(21(3)17-19)34(31,32)29-11-7-10-23(29)26(30)27-18-24(22-8-5-4-6-9-22)28-12-14-33-15-13-28/h4-6,8-9,16-17,23-24H,7,10-15,18H2,1-3H3,(H,27,30). The zero-order chi connectivity index (χ0) is 24.3. The Bertz CT molecular complexity index is 1090. The lowest BCUT2D eigenvalue weighted by molar-refractivity contribution is -0.124. The number of nitrogens with zero attached hydrogens (tertiary/aromatic N) is 2. The molecule has 0 saturated carbocycles. The summed E-state index contributed by atoms with van der Waals surface area (Å²) in [5, 5.41) is 3.08. The van der Waals surface area contributed by atoms with Crippen LogP contribution in [0.3, 0.4) is 0 Å². The van der Waals surface area contributed by atoms with Crippen molar-refractivity contribution in [2.75, 3.05) is 39.4 Å². The molecule has 2 unspecified atom stereocenters. The molecular weight excluding hydrogens is 450 g/mol. The first kappa shape index (κ1) is 24.9. The highest BCUT2D eigenvalue weighted by Gasteiger charge is 2.40. The molecule has 2 fully saturated rings. The molecule has 0 radical (unpaired) electrons. The Morgan fingerprint density at radius 3 is 2.35 bits per heavy atom. The molecule has 2 saturated heterocycles.